The Labute approximate surface area is 127 Å². The molecule has 2 aromatic carbocycles. The average Bonchev–Trinajstić information content (AvgIpc) is 2.38. The van der Waals surface area contributed by atoms with Crippen molar-refractivity contribution < 1.29 is 8.42 Å². The number of hydrogen-bond donors (Lipinski definition) is 2. The first-order chi connectivity index (χ1) is 9.31. The van der Waals surface area contributed by atoms with Crippen LogP contribution < -0.4 is 10.5 Å². The number of halogens is 2. The van der Waals surface area contributed by atoms with Crippen molar-refractivity contribution in [2.24, 2.45) is 0 Å². The summed E-state index contributed by atoms with van der Waals surface area (Å²) in [5.41, 5.74) is 6.99. The molecule has 0 saturated heterocycles. The Morgan fingerprint density at radius 3 is 2.35 bits per heavy atom. The molecule has 3 N–H and O–H groups in total. The Balaban J connectivity index is 2.44. The number of benzene rings is 2. The molecule has 20 heavy (non-hydrogen) atoms. The van der Waals surface area contributed by atoms with Crippen molar-refractivity contribution in [1.29, 1.82) is 0 Å². The lowest BCUT2D eigenvalue weighted by Gasteiger charge is -2.11. The number of nitrogens with one attached hydrogen (secondary N) is 1. The van der Waals surface area contributed by atoms with Crippen molar-refractivity contribution in [3.63, 3.8) is 0 Å². The van der Waals surface area contributed by atoms with Gasteiger partial charge in [-0.15, -0.1) is 0 Å². The molecule has 2 rings (SSSR count). The second-order valence-corrected chi connectivity index (χ2v) is 6.70. The SMILES string of the molecule is Cc1c(N)cc(S(=O)(=O)Nc2ccccc2Cl)cc1Cl. The van der Waals surface area contributed by atoms with Gasteiger partial charge >= 0.3 is 0 Å². The second kappa shape index (κ2) is 5.52. The minimum Gasteiger partial charge on any atom is -0.398 e. The Hall–Kier alpha value is -1.43. The van der Waals surface area contributed by atoms with E-state index < -0.39 is 10.0 Å². The fraction of sp³-hybridized carbons (Fsp3) is 0.0769. The summed E-state index contributed by atoms with van der Waals surface area (Å²) in [6.45, 7) is 1.72. The molecule has 0 aliphatic heterocycles. The Bertz CT molecular complexity index is 738. The van der Waals surface area contributed by atoms with Gasteiger partial charge in [0.25, 0.3) is 10.0 Å². The van der Waals surface area contributed by atoms with Crippen LogP contribution in [0.3, 0.4) is 0 Å². The summed E-state index contributed by atoms with van der Waals surface area (Å²) >= 11 is 11.9. The maximum atomic E-state index is 12.3. The normalized spacial score (nSPS) is 11.3. The fourth-order valence-corrected chi connectivity index (χ4v) is 3.25. The molecule has 7 heteroatoms. The molecule has 2 aromatic rings. The number of para-hydroxylation sites is 1. The lowest BCUT2D eigenvalue weighted by Crippen LogP contribution is -2.14. The maximum absolute atomic E-state index is 12.3. The zero-order valence-corrected chi connectivity index (χ0v) is 12.9. The Morgan fingerprint density at radius 1 is 1.10 bits per heavy atom. The van der Waals surface area contributed by atoms with Gasteiger partial charge < -0.3 is 5.73 Å². The molecule has 0 amide bonds. The number of anilines is 2. The molecule has 106 valence electrons. The number of nitrogens with two attached hydrogens (primary N) is 1. The zero-order valence-electron chi connectivity index (χ0n) is 10.5. The standard InChI is InChI=1S/C13H12Cl2N2O2S/c1-8-11(15)6-9(7-12(8)16)20(18,19)17-13-5-3-2-4-10(13)14/h2-7,17H,16H2,1H3. The van der Waals surface area contributed by atoms with Gasteiger partial charge in [0, 0.05) is 10.7 Å². The summed E-state index contributed by atoms with van der Waals surface area (Å²) in [5.74, 6) is 0. The lowest BCUT2D eigenvalue weighted by atomic mass is 10.2. The van der Waals surface area contributed by atoms with Crippen molar-refractivity contribution in [3.8, 4) is 0 Å². The van der Waals surface area contributed by atoms with E-state index in [1.807, 2.05) is 0 Å². The maximum Gasteiger partial charge on any atom is 0.262 e. The van der Waals surface area contributed by atoms with Gasteiger partial charge in [-0.05, 0) is 36.8 Å². The number of hydrogen-bond acceptors (Lipinski definition) is 3. The van der Waals surface area contributed by atoms with Crippen LogP contribution in [-0.4, -0.2) is 8.42 Å². The van der Waals surface area contributed by atoms with Gasteiger partial charge in [0.15, 0.2) is 0 Å². The monoisotopic (exact) mass is 330 g/mol. The van der Waals surface area contributed by atoms with E-state index in [4.69, 9.17) is 28.9 Å². The third-order valence-corrected chi connectivity index (χ3v) is 4.85. The van der Waals surface area contributed by atoms with Gasteiger partial charge in [-0.25, -0.2) is 8.42 Å². The van der Waals surface area contributed by atoms with Gasteiger partial charge in [-0.2, -0.15) is 0 Å². The van der Waals surface area contributed by atoms with Crippen LogP contribution in [0.1, 0.15) is 5.56 Å². The van der Waals surface area contributed by atoms with Crippen molar-refractivity contribution in [2.75, 3.05) is 10.5 Å². The van der Waals surface area contributed by atoms with E-state index in [9.17, 15) is 8.42 Å². The van der Waals surface area contributed by atoms with E-state index in [0.717, 1.165) is 0 Å². The van der Waals surface area contributed by atoms with Crippen LogP contribution in [0, 0.1) is 6.92 Å². The van der Waals surface area contributed by atoms with Crippen LogP contribution in [0.15, 0.2) is 41.3 Å². The first kappa shape index (κ1) is 15.0. The molecule has 0 heterocycles. The lowest BCUT2D eigenvalue weighted by molar-refractivity contribution is 0.601. The van der Waals surface area contributed by atoms with E-state index >= 15 is 0 Å². The minimum absolute atomic E-state index is 0.00878. The molecule has 4 nitrogen and oxygen atoms in total. The van der Waals surface area contributed by atoms with E-state index in [1.165, 1.54) is 12.1 Å². The van der Waals surface area contributed by atoms with Crippen molar-refractivity contribution >= 4 is 44.6 Å². The fourth-order valence-electron chi connectivity index (χ4n) is 1.58. The van der Waals surface area contributed by atoms with E-state index in [0.29, 0.717) is 27.0 Å². The third-order valence-electron chi connectivity index (χ3n) is 2.79. The highest BCUT2D eigenvalue weighted by molar-refractivity contribution is 7.92. The van der Waals surface area contributed by atoms with Crippen molar-refractivity contribution in [3.05, 3.63) is 52.0 Å². The quantitative estimate of drug-likeness (QED) is 0.843. The van der Waals surface area contributed by atoms with Crippen LogP contribution in [0.2, 0.25) is 10.0 Å². The molecule has 0 saturated carbocycles. The Morgan fingerprint density at radius 2 is 1.75 bits per heavy atom. The number of sulfonamides is 1. The van der Waals surface area contributed by atoms with Crippen LogP contribution in [0.5, 0.6) is 0 Å². The van der Waals surface area contributed by atoms with Crippen LogP contribution in [0.4, 0.5) is 11.4 Å². The van der Waals surface area contributed by atoms with E-state index in [1.54, 1.807) is 31.2 Å². The van der Waals surface area contributed by atoms with Gasteiger partial charge in [0.2, 0.25) is 0 Å². The molecule has 0 spiro atoms. The summed E-state index contributed by atoms with van der Waals surface area (Å²) in [5, 5.41) is 0.604. The molecular weight excluding hydrogens is 319 g/mol. The predicted octanol–water partition coefficient (Wildman–Crippen LogP) is 3.68. The van der Waals surface area contributed by atoms with E-state index in [2.05, 4.69) is 4.72 Å². The van der Waals surface area contributed by atoms with Crippen molar-refractivity contribution in [2.45, 2.75) is 11.8 Å². The topological polar surface area (TPSA) is 72.2 Å². The molecule has 0 atom stereocenters. The highest BCUT2D eigenvalue weighted by atomic mass is 35.5. The summed E-state index contributed by atoms with van der Waals surface area (Å²) < 4.78 is 27.0. The first-order valence-electron chi connectivity index (χ1n) is 5.64. The molecule has 0 fully saturated rings. The number of rotatable bonds is 3. The van der Waals surface area contributed by atoms with Gasteiger partial charge in [0.05, 0.1) is 15.6 Å². The van der Waals surface area contributed by atoms with Crippen LogP contribution in [0.25, 0.3) is 0 Å². The average molecular weight is 331 g/mol. The third kappa shape index (κ3) is 3.00. The van der Waals surface area contributed by atoms with Crippen LogP contribution >= 0.6 is 23.2 Å². The molecule has 0 aliphatic rings. The van der Waals surface area contributed by atoms with Gasteiger partial charge in [-0.3, -0.25) is 4.72 Å². The first-order valence-corrected chi connectivity index (χ1v) is 7.88. The molecular formula is C13H12Cl2N2O2S. The minimum atomic E-state index is -3.80. The van der Waals surface area contributed by atoms with Gasteiger partial charge in [0.1, 0.15) is 0 Å². The predicted molar refractivity (Wildman–Crippen MR) is 82.9 cm³/mol. The number of nitrogen functional groups attached to an aromatic ring is 1. The zero-order chi connectivity index (χ0) is 14.9. The van der Waals surface area contributed by atoms with E-state index in [-0.39, 0.29) is 4.90 Å². The van der Waals surface area contributed by atoms with Gasteiger partial charge in [-0.1, -0.05) is 35.3 Å². The molecule has 0 aliphatic carbocycles. The second-order valence-electron chi connectivity index (χ2n) is 4.20. The molecule has 0 bridgehead atoms. The summed E-state index contributed by atoms with van der Waals surface area (Å²) in [6.07, 6.45) is 0. The Kier molecular flexibility index (Phi) is 4.13. The smallest absolute Gasteiger partial charge is 0.262 e. The molecule has 0 radical (unpaired) electrons. The highest BCUT2D eigenvalue weighted by Gasteiger charge is 2.18. The summed E-state index contributed by atoms with van der Waals surface area (Å²) in [7, 11) is -3.80. The summed E-state index contributed by atoms with van der Waals surface area (Å²) in [4.78, 5) is -0.00878. The van der Waals surface area contributed by atoms with Crippen LogP contribution in [-0.2, 0) is 10.0 Å². The van der Waals surface area contributed by atoms with Crippen molar-refractivity contribution in [1.82, 2.24) is 0 Å². The highest BCUT2D eigenvalue weighted by Crippen LogP contribution is 2.28. The largest absolute Gasteiger partial charge is 0.398 e. The molecule has 0 aromatic heterocycles. The molecule has 0 unspecified atom stereocenters. The summed E-state index contributed by atoms with van der Waals surface area (Å²) in [6, 6.07) is 9.27.